The molecule has 0 atom stereocenters. The number of aliphatic imine (C=N–C) groups is 1. The van der Waals surface area contributed by atoms with Crippen LogP contribution in [0, 0.1) is 0 Å². The first-order valence-electron chi connectivity index (χ1n) is 4.17. The predicted octanol–water partition coefficient (Wildman–Crippen LogP) is 1.97. The van der Waals surface area contributed by atoms with Crippen molar-refractivity contribution in [2.45, 2.75) is 6.42 Å². The minimum atomic E-state index is 0.161. The zero-order valence-corrected chi connectivity index (χ0v) is 7.10. The molecule has 0 fully saturated rings. The molecule has 2 nitrogen and oxygen atoms in total. The van der Waals surface area contributed by atoms with Crippen LogP contribution in [-0.4, -0.2) is 12.0 Å². The van der Waals surface area contributed by atoms with Gasteiger partial charge in [0.05, 0.1) is 0 Å². The van der Waals surface area contributed by atoms with E-state index in [1.807, 2.05) is 24.3 Å². The molecule has 0 unspecified atom stereocenters. The van der Waals surface area contributed by atoms with Gasteiger partial charge in [-0.1, -0.05) is 12.2 Å². The Balaban J connectivity index is 2.43. The van der Waals surface area contributed by atoms with Crippen LogP contribution >= 0.6 is 0 Å². The molecule has 1 heterocycles. The van der Waals surface area contributed by atoms with Crippen molar-refractivity contribution >= 4 is 12.0 Å². The van der Waals surface area contributed by atoms with Gasteiger partial charge in [0.25, 0.3) is 0 Å². The second kappa shape index (κ2) is 3.35. The molecule has 2 rings (SSSR count). The predicted molar refractivity (Wildman–Crippen MR) is 52.6 cm³/mol. The molecule has 0 spiro atoms. The van der Waals surface area contributed by atoms with E-state index in [4.69, 9.17) is 0 Å². The molecule has 0 amide bonds. The van der Waals surface area contributed by atoms with Crippen molar-refractivity contribution in [2.24, 2.45) is 4.99 Å². The summed E-state index contributed by atoms with van der Waals surface area (Å²) in [4.78, 5) is 15.1. The van der Waals surface area contributed by atoms with Crippen molar-refractivity contribution in [1.29, 1.82) is 0 Å². The van der Waals surface area contributed by atoms with Crippen LogP contribution in [0.4, 0.5) is 0 Å². The van der Waals surface area contributed by atoms with E-state index < -0.39 is 0 Å². The summed E-state index contributed by atoms with van der Waals surface area (Å²) in [5, 5.41) is 0. The molecule has 13 heavy (non-hydrogen) atoms. The molecule has 0 aromatic heterocycles. The first kappa shape index (κ1) is 7.92. The van der Waals surface area contributed by atoms with Gasteiger partial charge >= 0.3 is 0 Å². The SMILES string of the molecule is O=C1C=CC2=CC=NC=CC=C2C1. The number of fused-ring (bicyclic) bond motifs is 1. The van der Waals surface area contributed by atoms with Crippen molar-refractivity contribution in [1.82, 2.24) is 0 Å². The first-order valence-corrected chi connectivity index (χ1v) is 4.17. The molecule has 0 aromatic carbocycles. The summed E-state index contributed by atoms with van der Waals surface area (Å²) in [7, 11) is 0. The minimum absolute atomic E-state index is 0.161. The lowest BCUT2D eigenvalue weighted by atomic mass is 9.94. The Morgan fingerprint density at radius 2 is 2.15 bits per heavy atom. The van der Waals surface area contributed by atoms with Crippen LogP contribution in [0.25, 0.3) is 0 Å². The summed E-state index contributed by atoms with van der Waals surface area (Å²) >= 11 is 0. The quantitative estimate of drug-likeness (QED) is 0.548. The molecule has 0 aromatic rings. The van der Waals surface area contributed by atoms with Gasteiger partial charge in [-0.2, -0.15) is 0 Å². The van der Waals surface area contributed by atoms with Crippen molar-refractivity contribution in [2.75, 3.05) is 0 Å². The maximum Gasteiger partial charge on any atom is 0.160 e. The van der Waals surface area contributed by atoms with Crippen molar-refractivity contribution in [3.05, 3.63) is 47.7 Å². The maximum atomic E-state index is 11.1. The van der Waals surface area contributed by atoms with Crippen molar-refractivity contribution in [3.63, 3.8) is 0 Å². The smallest absolute Gasteiger partial charge is 0.160 e. The van der Waals surface area contributed by atoms with Gasteiger partial charge in [-0.05, 0) is 29.4 Å². The second-order valence-electron chi connectivity index (χ2n) is 2.93. The topological polar surface area (TPSA) is 29.4 Å². The van der Waals surface area contributed by atoms with Gasteiger partial charge in [-0.15, -0.1) is 0 Å². The maximum absolute atomic E-state index is 11.1. The molecule has 2 heteroatoms. The van der Waals surface area contributed by atoms with Gasteiger partial charge in [-0.25, -0.2) is 0 Å². The number of carbonyl (C=O) groups excluding carboxylic acids is 1. The van der Waals surface area contributed by atoms with E-state index in [9.17, 15) is 4.79 Å². The molecular weight excluding hydrogens is 162 g/mol. The van der Waals surface area contributed by atoms with Gasteiger partial charge in [0.2, 0.25) is 0 Å². The fraction of sp³-hybridized carbons (Fsp3) is 0.0909. The van der Waals surface area contributed by atoms with Crippen LogP contribution in [0.1, 0.15) is 6.42 Å². The molecule has 1 aliphatic heterocycles. The van der Waals surface area contributed by atoms with E-state index >= 15 is 0 Å². The Labute approximate surface area is 76.7 Å². The number of ketones is 1. The Morgan fingerprint density at radius 1 is 1.23 bits per heavy atom. The van der Waals surface area contributed by atoms with Crippen molar-refractivity contribution < 1.29 is 4.79 Å². The van der Waals surface area contributed by atoms with Gasteiger partial charge in [0.15, 0.2) is 5.78 Å². The highest BCUT2D eigenvalue weighted by atomic mass is 16.1. The summed E-state index contributed by atoms with van der Waals surface area (Å²) in [5.41, 5.74) is 2.14. The number of allylic oxidation sites excluding steroid dienone is 7. The van der Waals surface area contributed by atoms with E-state index in [0.29, 0.717) is 6.42 Å². The van der Waals surface area contributed by atoms with Crippen LogP contribution in [0.5, 0.6) is 0 Å². The van der Waals surface area contributed by atoms with Gasteiger partial charge in [0.1, 0.15) is 0 Å². The largest absolute Gasteiger partial charge is 0.294 e. The number of carbonyl (C=O) groups is 1. The summed E-state index contributed by atoms with van der Waals surface area (Å²) in [6.07, 6.45) is 13.1. The van der Waals surface area contributed by atoms with E-state index in [-0.39, 0.29) is 5.78 Å². The Hall–Kier alpha value is -1.70. The highest BCUT2D eigenvalue weighted by molar-refractivity contribution is 5.96. The van der Waals surface area contributed by atoms with Gasteiger partial charge in [0, 0.05) is 18.8 Å². The lowest BCUT2D eigenvalue weighted by Crippen LogP contribution is -2.03. The monoisotopic (exact) mass is 171 g/mol. The molecule has 0 bridgehead atoms. The molecule has 0 saturated carbocycles. The molecule has 0 N–H and O–H groups in total. The second-order valence-corrected chi connectivity index (χ2v) is 2.93. The Bertz CT molecular complexity index is 381. The zero-order chi connectivity index (χ0) is 9.10. The van der Waals surface area contributed by atoms with Crippen LogP contribution in [0.3, 0.4) is 0 Å². The number of hydrogen-bond donors (Lipinski definition) is 0. The fourth-order valence-electron chi connectivity index (χ4n) is 1.34. The molecular formula is C11H9NO. The summed E-state index contributed by atoms with van der Waals surface area (Å²) < 4.78 is 0. The number of nitrogens with zero attached hydrogens (tertiary/aromatic N) is 1. The lowest BCUT2D eigenvalue weighted by Gasteiger charge is -2.10. The van der Waals surface area contributed by atoms with E-state index in [1.165, 1.54) is 0 Å². The minimum Gasteiger partial charge on any atom is -0.294 e. The molecule has 1 aliphatic carbocycles. The zero-order valence-electron chi connectivity index (χ0n) is 7.10. The first-order chi connectivity index (χ1) is 6.36. The van der Waals surface area contributed by atoms with Crippen molar-refractivity contribution in [3.8, 4) is 0 Å². The third-order valence-corrected chi connectivity index (χ3v) is 1.99. The lowest BCUT2D eigenvalue weighted by molar-refractivity contribution is -0.114. The Morgan fingerprint density at radius 3 is 3.08 bits per heavy atom. The highest BCUT2D eigenvalue weighted by Gasteiger charge is 2.11. The average molecular weight is 171 g/mol. The standard InChI is InChI=1S/C11H9NO/c13-11-4-3-9-5-7-12-6-1-2-10(9)8-11/h1-7H,8H2. The summed E-state index contributed by atoms with van der Waals surface area (Å²) in [6.45, 7) is 0. The molecule has 0 radical (unpaired) electrons. The van der Waals surface area contributed by atoms with Crippen LogP contribution in [-0.2, 0) is 4.79 Å². The summed E-state index contributed by atoms with van der Waals surface area (Å²) in [6, 6.07) is 0. The third kappa shape index (κ3) is 1.72. The average Bonchev–Trinajstić information content (AvgIpc) is 2.08. The molecule has 64 valence electrons. The van der Waals surface area contributed by atoms with E-state index in [2.05, 4.69) is 4.99 Å². The third-order valence-electron chi connectivity index (χ3n) is 1.99. The van der Waals surface area contributed by atoms with Gasteiger partial charge < -0.3 is 0 Å². The van der Waals surface area contributed by atoms with Crippen LogP contribution in [0.2, 0.25) is 0 Å². The van der Waals surface area contributed by atoms with Crippen LogP contribution < -0.4 is 0 Å². The summed E-state index contributed by atoms with van der Waals surface area (Å²) in [5.74, 6) is 0.161. The molecule has 0 saturated heterocycles. The number of hydrogen-bond acceptors (Lipinski definition) is 2. The van der Waals surface area contributed by atoms with E-state index in [1.54, 1.807) is 18.5 Å². The molecule has 2 aliphatic rings. The highest BCUT2D eigenvalue weighted by Crippen LogP contribution is 2.21. The normalized spacial score (nSPS) is 20.2. The Kier molecular flexibility index (Phi) is 2.04. The van der Waals surface area contributed by atoms with Gasteiger partial charge in [-0.3, -0.25) is 9.79 Å². The number of rotatable bonds is 0. The van der Waals surface area contributed by atoms with E-state index in [0.717, 1.165) is 11.1 Å². The van der Waals surface area contributed by atoms with Crippen LogP contribution in [0.15, 0.2) is 52.7 Å². The fourth-order valence-corrected chi connectivity index (χ4v) is 1.34.